The summed E-state index contributed by atoms with van der Waals surface area (Å²) in [5, 5.41) is 0. The first-order chi connectivity index (χ1) is 11.5. The van der Waals surface area contributed by atoms with Crippen molar-refractivity contribution in [1.82, 2.24) is 9.55 Å². The second kappa shape index (κ2) is 8.54. The van der Waals surface area contributed by atoms with Crippen LogP contribution in [-0.4, -0.2) is 69.0 Å². The Kier molecular flexibility index (Phi) is 6.69. The molecule has 0 spiro atoms. The van der Waals surface area contributed by atoms with Crippen LogP contribution < -0.4 is 11.4 Å². The molecule has 2 N–H and O–H groups in total. The number of aromatic nitrogens is 2. The number of nitrogens with two attached hydrogens (primary N) is 1. The average molecular weight is 343 g/mol. The van der Waals surface area contributed by atoms with Crippen molar-refractivity contribution in [2.75, 3.05) is 46.9 Å². The van der Waals surface area contributed by atoms with Crippen LogP contribution in [0.5, 0.6) is 0 Å². The molecule has 1 fully saturated rings. The molecule has 1 aromatic heterocycles. The first kappa shape index (κ1) is 18.8. The minimum Gasteiger partial charge on any atom is -0.383 e. The molecule has 4 atom stereocenters. The van der Waals surface area contributed by atoms with E-state index in [9.17, 15) is 4.79 Å². The van der Waals surface area contributed by atoms with Gasteiger partial charge < -0.3 is 29.4 Å². The lowest BCUT2D eigenvalue weighted by Gasteiger charge is -2.24. The second-order valence-electron chi connectivity index (χ2n) is 5.55. The summed E-state index contributed by atoms with van der Waals surface area (Å²) in [4.78, 5) is 16.1. The number of rotatable bonds is 8. The normalized spacial score (nSPS) is 26.8. The van der Waals surface area contributed by atoms with Crippen LogP contribution in [0, 0.1) is 6.92 Å². The van der Waals surface area contributed by atoms with Gasteiger partial charge in [0.2, 0.25) is 0 Å². The highest BCUT2D eigenvalue weighted by Gasteiger charge is 2.47. The van der Waals surface area contributed by atoms with Gasteiger partial charge in [-0.2, -0.15) is 4.98 Å². The van der Waals surface area contributed by atoms with Crippen LogP contribution in [0.3, 0.4) is 0 Å². The molecule has 9 nitrogen and oxygen atoms in total. The smallest absolute Gasteiger partial charge is 0.351 e. The van der Waals surface area contributed by atoms with Crippen molar-refractivity contribution < 1.29 is 23.7 Å². The molecule has 2 rings (SSSR count). The van der Waals surface area contributed by atoms with E-state index in [0.29, 0.717) is 25.4 Å². The number of nitrogens with zero attached hydrogens (tertiary/aromatic N) is 2. The molecule has 0 bridgehead atoms. The summed E-state index contributed by atoms with van der Waals surface area (Å²) < 4.78 is 29.0. The molecule has 24 heavy (non-hydrogen) atoms. The van der Waals surface area contributed by atoms with Crippen LogP contribution in [-0.2, 0) is 23.7 Å². The summed E-state index contributed by atoms with van der Waals surface area (Å²) in [5.41, 5.74) is 5.87. The zero-order chi connectivity index (χ0) is 17.7. The molecule has 2 unspecified atom stereocenters. The van der Waals surface area contributed by atoms with Crippen molar-refractivity contribution in [3.05, 3.63) is 22.2 Å². The van der Waals surface area contributed by atoms with Gasteiger partial charge in [0.25, 0.3) is 0 Å². The summed E-state index contributed by atoms with van der Waals surface area (Å²) in [6, 6.07) is 0. The molecule has 1 aromatic rings. The molecule has 1 aliphatic rings. The van der Waals surface area contributed by atoms with Gasteiger partial charge in [-0.25, -0.2) is 4.79 Å². The lowest BCUT2D eigenvalue weighted by Crippen LogP contribution is -2.40. The van der Waals surface area contributed by atoms with Crippen LogP contribution in [0.25, 0.3) is 0 Å². The third kappa shape index (κ3) is 3.93. The van der Waals surface area contributed by atoms with Gasteiger partial charge >= 0.3 is 5.69 Å². The van der Waals surface area contributed by atoms with Crippen LogP contribution in [0.15, 0.2) is 11.0 Å². The third-order valence-corrected chi connectivity index (χ3v) is 3.93. The fourth-order valence-electron chi connectivity index (χ4n) is 2.72. The van der Waals surface area contributed by atoms with Crippen molar-refractivity contribution in [2.24, 2.45) is 0 Å². The molecule has 0 radical (unpaired) electrons. The van der Waals surface area contributed by atoms with Crippen molar-refractivity contribution in [3.63, 3.8) is 0 Å². The number of hydrogen-bond donors (Lipinski definition) is 1. The van der Waals surface area contributed by atoms with Gasteiger partial charge in [-0.15, -0.1) is 0 Å². The zero-order valence-corrected chi connectivity index (χ0v) is 14.4. The van der Waals surface area contributed by atoms with E-state index < -0.39 is 24.1 Å². The van der Waals surface area contributed by atoms with Crippen molar-refractivity contribution in [2.45, 2.75) is 31.5 Å². The van der Waals surface area contributed by atoms with Crippen molar-refractivity contribution >= 4 is 5.82 Å². The largest absolute Gasteiger partial charge is 0.383 e. The number of nitrogen functional groups attached to an aromatic ring is 1. The number of aryl methyl sites for hydroxylation is 1. The van der Waals surface area contributed by atoms with Gasteiger partial charge in [0.05, 0.1) is 19.8 Å². The maximum Gasteiger partial charge on any atom is 0.351 e. The standard InChI is InChI=1S/C15H25N3O6/c1-9-7-18(15(19)17-13(9)16)14-12(23-6-5-20-2)11(22-4)10(24-14)8-21-3/h7,10-12,14H,5-6,8H2,1-4H3,(H2,16,17,19)/t10-,11?,12?,14-/m1/s1. The van der Waals surface area contributed by atoms with E-state index in [1.807, 2.05) is 0 Å². The van der Waals surface area contributed by atoms with Gasteiger partial charge in [-0.3, -0.25) is 4.57 Å². The molecule has 0 saturated carbocycles. The highest BCUT2D eigenvalue weighted by molar-refractivity contribution is 5.35. The number of ether oxygens (including phenoxy) is 5. The summed E-state index contributed by atoms with van der Waals surface area (Å²) in [5.74, 6) is 0.197. The minimum absolute atomic E-state index is 0.197. The quantitative estimate of drug-likeness (QED) is 0.643. The van der Waals surface area contributed by atoms with Gasteiger partial charge in [0, 0.05) is 33.1 Å². The van der Waals surface area contributed by atoms with Crippen LogP contribution >= 0.6 is 0 Å². The van der Waals surface area contributed by atoms with E-state index in [4.69, 9.17) is 29.4 Å². The topological polar surface area (TPSA) is 107 Å². The van der Waals surface area contributed by atoms with Gasteiger partial charge in [0.1, 0.15) is 24.1 Å². The Labute approximate surface area is 140 Å². The van der Waals surface area contributed by atoms with E-state index in [-0.39, 0.29) is 11.9 Å². The molecule has 0 aliphatic carbocycles. The van der Waals surface area contributed by atoms with E-state index in [1.165, 1.54) is 4.57 Å². The van der Waals surface area contributed by atoms with Gasteiger partial charge in [-0.1, -0.05) is 0 Å². The second-order valence-corrected chi connectivity index (χ2v) is 5.55. The lowest BCUT2D eigenvalue weighted by molar-refractivity contribution is -0.0851. The maximum atomic E-state index is 12.3. The Bertz CT molecular complexity index is 593. The molecule has 9 heteroatoms. The molecular formula is C15H25N3O6. The van der Waals surface area contributed by atoms with Crippen LogP contribution in [0.2, 0.25) is 0 Å². The molecule has 136 valence electrons. The third-order valence-electron chi connectivity index (χ3n) is 3.93. The van der Waals surface area contributed by atoms with Crippen molar-refractivity contribution in [3.8, 4) is 0 Å². The molecular weight excluding hydrogens is 318 g/mol. The number of hydrogen-bond acceptors (Lipinski definition) is 8. The fraction of sp³-hybridized carbons (Fsp3) is 0.733. The fourth-order valence-corrected chi connectivity index (χ4v) is 2.72. The minimum atomic E-state index is -0.689. The monoisotopic (exact) mass is 343 g/mol. The van der Waals surface area contributed by atoms with Crippen molar-refractivity contribution in [1.29, 1.82) is 0 Å². The summed E-state index contributed by atoms with van der Waals surface area (Å²) in [6.07, 6.45) is -0.345. The SMILES string of the molecule is COCCOC1C(OC)[C@@H](COC)O[C@H]1n1cc(C)c(N)nc1=O. The Hall–Kier alpha value is -1.52. The van der Waals surface area contributed by atoms with Crippen LogP contribution in [0.1, 0.15) is 11.8 Å². The Morgan fingerprint density at radius 3 is 2.62 bits per heavy atom. The van der Waals surface area contributed by atoms with E-state index in [1.54, 1.807) is 34.4 Å². The number of anilines is 1. The average Bonchev–Trinajstić information content (AvgIpc) is 2.89. The van der Waals surface area contributed by atoms with E-state index in [0.717, 1.165) is 0 Å². The highest BCUT2D eigenvalue weighted by Crippen LogP contribution is 2.33. The van der Waals surface area contributed by atoms with E-state index >= 15 is 0 Å². The summed E-state index contributed by atoms with van der Waals surface area (Å²) >= 11 is 0. The zero-order valence-electron chi connectivity index (χ0n) is 14.4. The van der Waals surface area contributed by atoms with E-state index in [2.05, 4.69) is 4.98 Å². The predicted molar refractivity (Wildman–Crippen MR) is 85.8 cm³/mol. The first-order valence-electron chi connectivity index (χ1n) is 7.66. The first-order valence-corrected chi connectivity index (χ1v) is 7.66. The number of methoxy groups -OCH3 is 3. The maximum absolute atomic E-state index is 12.3. The molecule has 1 saturated heterocycles. The Morgan fingerprint density at radius 2 is 2.00 bits per heavy atom. The van der Waals surface area contributed by atoms with Crippen LogP contribution in [0.4, 0.5) is 5.82 Å². The summed E-state index contributed by atoms with van der Waals surface area (Å²) in [7, 11) is 4.73. The molecule has 0 amide bonds. The predicted octanol–water partition coefficient (Wildman–Crippen LogP) is -0.276. The van der Waals surface area contributed by atoms with Gasteiger partial charge in [0.15, 0.2) is 6.23 Å². The molecule has 2 heterocycles. The van der Waals surface area contributed by atoms with Gasteiger partial charge in [-0.05, 0) is 6.92 Å². The Morgan fingerprint density at radius 1 is 1.25 bits per heavy atom. The molecule has 1 aliphatic heterocycles. The highest BCUT2D eigenvalue weighted by atomic mass is 16.6. The Balaban J connectivity index is 2.33. The lowest BCUT2D eigenvalue weighted by atomic mass is 10.1. The summed E-state index contributed by atoms with van der Waals surface area (Å²) in [6.45, 7) is 2.85. The molecule has 0 aromatic carbocycles.